The second-order valence-electron chi connectivity index (χ2n) is 5.76. The van der Waals surface area contributed by atoms with Crippen molar-refractivity contribution in [3.8, 4) is 5.75 Å². The summed E-state index contributed by atoms with van der Waals surface area (Å²) in [6.45, 7) is 2.18. The number of carbonyl (C=O) groups is 1. The van der Waals surface area contributed by atoms with Crippen LogP contribution in [0, 0.1) is 11.7 Å². The van der Waals surface area contributed by atoms with Gasteiger partial charge in [0.2, 0.25) is 0 Å². The molecule has 1 aliphatic rings. The van der Waals surface area contributed by atoms with E-state index in [9.17, 15) is 9.18 Å². The Balaban J connectivity index is 2.00. The van der Waals surface area contributed by atoms with E-state index in [4.69, 9.17) is 4.74 Å². The molecule has 4 heteroatoms. The topological polar surface area (TPSA) is 38.3 Å². The fourth-order valence-electron chi connectivity index (χ4n) is 3.09. The Kier molecular flexibility index (Phi) is 5.59. The number of amides is 1. The van der Waals surface area contributed by atoms with E-state index in [1.54, 1.807) is 6.07 Å². The van der Waals surface area contributed by atoms with Gasteiger partial charge in [0.1, 0.15) is 11.6 Å². The van der Waals surface area contributed by atoms with Gasteiger partial charge in [-0.05, 0) is 37.3 Å². The summed E-state index contributed by atoms with van der Waals surface area (Å²) in [7, 11) is 1.48. The van der Waals surface area contributed by atoms with Crippen LogP contribution in [-0.4, -0.2) is 19.1 Å². The zero-order valence-corrected chi connectivity index (χ0v) is 12.8. The molecule has 2 unspecified atom stereocenters. The molecule has 1 N–H and O–H groups in total. The summed E-state index contributed by atoms with van der Waals surface area (Å²) < 4.78 is 18.9. The maximum Gasteiger partial charge on any atom is 0.254 e. The SMILES string of the molecule is CCCCC1CCCC1NC(=O)c1ccc(OC)cc1F. The number of unbranched alkanes of at least 4 members (excludes halogenated alkanes) is 1. The molecule has 1 fully saturated rings. The Hall–Kier alpha value is -1.58. The standard InChI is InChI=1S/C17H24FNO2/c1-3-4-6-12-7-5-8-16(12)19-17(20)14-10-9-13(21-2)11-15(14)18/h9-12,16H,3-8H2,1-2H3,(H,19,20). The van der Waals surface area contributed by atoms with Crippen molar-refractivity contribution in [2.24, 2.45) is 5.92 Å². The number of methoxy groups -OCH3 is 1. The third-order valence-electron chi connectivity index (χ3n) is 4.32. The second-order valence-corrected chi connectivity index (χ2v) is 5.76. The lowest BCUT2D eigenvalue weighted by molar-refractivity contribution is 0.0922. The molecular weight excluding hydrogens is 269 g/mol. The van der Waals surface area contributed by atoms with Crippen LogP contribution in [0.5, 0.6) is 5.75 Å². The monoisotopic (exact) mass is 293 g/mol. The van der Waals surface area contributed by atoms with Crippen LogP contribution in [-0.2, 0) is 0 Å². The van der Waals surface area contributed by atoms with Crippen LogP contribution in [0.3, 0.4) is 0 Å². The summed E-state index contributed by atoms with van der Waals surface area (Å²) in [4.78, 5) is 12.2. The smallest absolute Gasteiger partial charge is 0.254 e. The molecule has 0 heterocycles. The molecule has 1 aliphatic carbocycles. The summed E-state index contributed by atoms with van der Waals surface area (Å²) in [5, 5.41) is 3.01. The quantitative estimate of drug-likeness (QED) is 0.863. The Labute approximate surface area is 125 Å². The number of halogens is 1. The van der Waals surface area contributed by atoms with Crippen LogP contribution in [0.15, 0.2) is 18.2 Å². The van der Waals surface area contributed by atoms with Crippen LogP contribution >= 0.6 is 0 Å². The van der Waals surface area contributed by atoms with Gasteiger partial charge in [-0.25, -0.2) is 4.39 Å². The Morgan fingerprint density at radius 2 is 2.24 bits per heavy atom. The van der Waals surface area contributed by atoms with Crippen molar-refractivity contribution in [1.82, 2.24) is 5.32 Å². The van der Waals surface area contributed by atoms with Gasteiger partial charge in [-0.15, -0.1) is 0 Å². The molecule has 1 aromatic carbocycles. The average molecular weight is 293 g/mol. The molecule has 0 radical (unpaired) electrons. The van der Waals surface area contributed by atoms with E-state index in [2.05, 4.69) is 12.2 Å². The molecule has 3 nitrogen and oxygen atoms in total. The first-order valence-electron chi connectivity index (χ1n) is 7.80. The number of carbonyl (C=O) groups excluding carboxylic acids is 1. The molecule has 1 amide bonds. The van der Waals surface area contributed by atoms with E-state index in [1.807, 2.05) is 0 Å². The Bertz CT molecular complexity index is 490. The Morgan fingerprint density at radius 3 is 2.90 bits per heavy atom. The number of nitrogens with one attached hydrogen (secondary N) is 1. The normalized spacial score (nSPS) is 21.3. The highest BCUT2D eigenvalue weighted by Gasteiger charge is 2.28. The first-order chi connectivity index (χ1) is 10.2. The maximum absolute atomic E-state index is 13.9. The summed E-state index contributed by atoms with van der Waals surface area (Å²) in [5.74, 6) is 0.111. The molecule has 0 aromatic heterocycles. The highest BCUT2D eigenvalue weighted by molar-refractivity contribution is 5.94. The van der Waals surface area contributed by atoms with Crippen molar-refractivity contribution in [3.63, 3.8) is 0 Å². The minimum absolute atomic E-state index is 0.0944. The van der Waals surface area contributed by atoms with E-state index in [0.717, 1.165) is 25.7 Å². The highest BCUT2D eigenvalue weighted by Crippen LogP contribution is 2.30. The third kappa shape index (κ3) is 3.96. The zero-order valence-electron chi connectivity index (χ0n) is 12.8. The lowest BCUT2D eigenvalue weighted by Crippen LogP contribution is -2.37. The minimum atomic E-state index is -0.532. The van der Waals surface area contributed by atoms with Gasteiger partial charge in [-0.3, -0.25) is 4.79 Å². The van der Waals surface area contributed by atoms with Gasteiger partial charge in [-0.1, -0.05) is 26.2 Å². The van der Waals surface area contributed by atoms with Gasteiger partial charge < -0.3 is 10.1 Å². The summed E-state index contributed by atoms with van der Waals surface area (Å²) >= 11 is 0. The lowest BCUT2D eigenvalue weighted by atomic mass is 9.96. The third-order valence-corrected chi connectivity index (χ3v) is 4.32. The molecule has 0 spiro atoms. The number of hydrogen-bond donors (Lipinski definition) is 1. The van der Waals surface area contributed by atoms with E-state index in [1.165, 1.54) is 32.1 Å². The molecular formula is C17H24FNO2. The molecule has 1 saturated carbocycles. The lowest BCUT2D eigenvalue weighted by Gasteiger charge is -2.21. The largest absolute Gasteiger partial charge is 0.497 e. The molecule has 2 rings (SSSR count). The molecule has 0 saturated heterocycles. The molecule has 116 valence electrons. The van der Waals surface area contributed by atoms with Crippen LogP contribution in [0.1, 0.15) is 55.8 Å². The van der Waals surface area contributed by atoms with Crippen molar-refractivity contribution < 1.29 is 13.9 Å². The first kappa shape index (κ1) is 15.8. The first-order valence-corrected chi connectivity index (χ1v) is 7.80. The summed E-state index contributed by atoms with van der Waals surface area (Å²) in [6.07, 6.45) is 6.81. The van der Waals surface area contributed by atoms with Gasteiger partial charge >= 0.3 is 0 Å². The van der Waals surface area contributed by atoms with Crippen molar-refractivity contribution in [2.45, 2.75) is 51.5 Å². The maximum atomic E-state index is 13.9. The number of hydrogen-bond acceptors (Lipinski definition) is 2. The molecule has 0 bridgehead atoms. The van der Waals surface area contributed by atoms with Crippen molar-refractivity contribution in [3.05, 3.63) is 29.6 Å². The predicted molar refractivity (Wildman–Crippen MR) is 81.1 cm³/mol. The summed E-state index contributed by atoms with van der Waals surface area (Å²) in [5.41, 5.74) is 0.0944. The second kappa shape index (κ2) is 7.43. The molecule has 1 aromatic rings. The number of ether oxygens (including phenoxy) is 1. The molecule has 0 aliphatic heterocycles. The van der Waals surface area contributed by atoms with Gasteiger partial charge in [0.05, 0.1) is 12.7 Å². The van der Waals surface area contributed by atoms with Crippen LogP contribution in [0.4, 0.5) is 4.39 Å². The minimum Gasteiger partial charge on any atom is -0.497 e. The fourth-order valence-corrected chi connectivity index (χ4v) is 3.09. The Morgan fingerprint density at radius 1 is 1.43 bits per heavy atom. The van der Waals surface area contributed by atoms with Crippen molar-refractivity contribution in [1.29, 1.82) is 0 Å². The average Bonchev–Trinajstić information content (AvgIpc) is 2.91. The zero-order chi connectivity index (χ0) is 15.2. The van der Waals surface area contributed by atoms with Crippen LogP contribution < -0.4 is 10.1 Å². The number of rotatable bonds is 6. The van der Waals surface area contributed by atoms with Gasteiger partial charge in [0, 0.05) is 12.1 Å². The summed E-state index contributed by atoms with van der Waals surface area (Å²) in [6, 6.07) is 4.53. The van der Waals surface area contributed by atoms with Crippen LogP contribution in [0.25, 0.3) is 0 Å². The molecule has 21 heavy (non-hydrogen) atoms. The van der Waals surface area contributed by atoms with E-state index >= 15 is 0 Å². The van der Waals surface area contributed by atoms with E-state index in [0.29, 0.717) is 11.7 Å². The fraction of sp³-hybridized carbons (Fsp3) is 0.588. The number of benzene rings is 1. The van der Waals surface area contributed by atoms with Crippen LogP contribution in [0.2, 0.25) is 0 Å². The highest BCUT2D eigenvalue weighted by atomic mass is 19.1. The predicted octanol–water partition coefficient (Wildman–Crippen LogP) is 3.92. The van der Waals surface area contributed by atoms with E-state index in [-0.39, 0.29) is 17.5 Å². The van der Waals surface area contributed by atoms with Crippen molar-refractivity contribution in [2.75, 3.05) is 7.11 Å². The van der Waals surface area contributed by atoms with Crippen molar-refractivity contribution >= 4 is 5.91 Å². The van der Waals surface area contributed by atoms with Gasteiger partial charge in [0.15, 0.2) is 0 Å². The van der Waals surface area contributed by atoms with E-state index < -0.39 is 5.82 Å². The molecule has 2 atom stereocenters. The van der Waals surface area contributed by atoms with Gasteiger partial charge in [-0.2, -0.15) is 0 Å². The van der Waals surface area contributed by atoms with Gasteiger partial charge in [0.25, 0.3) is 5.91 Å².